The van der Waals surface area contributed by atoms with Crippen LogP contribution < -0.4 is 5.32 Å². The van der Waals surface area contributed by atoms with E-state index < -0.39 is 0 Å². The Hall–Kier alpha value is -0.110. The maximum atomic E-state index is 12.5. The number of amides is 1. The van der Waals surface area contributed by atoms with Crippen LogP contribution in [0.3, 0.4) is 0 Å². The molecule has 0 bridgehead atoms. The minimum atomic E-state index is -0.381. The van der Waals surface area contributed by atoms with Gasteiger partial charge in [0.25, 0.3) is 0 Å². The molecule has 2 aliphatic heterocycles. The summed E-state index contributed by atoms with van der Waals surface area (Å²) in [5.74, 6) is 0.148. The van der Waals surface area contributed by atoms with E-state index in [0.717, 1.165) is 45.8 Å². The number of nitrogens with zero attached hydrogens (tertiary/aromatic N) is 2. The number of rotatable bonds is 6. The molecule has 0 radical (unpaired) electrons. The van der Waals surface area contributed by atoms with Gasteiger partial charge < -0.3 is 20.1 Å². The number of carbonyl (C=O) groups excluding carboxylic acids is 1. The van der Waals surface area contributed by atoms with Gasteiger partial charge in [0.15, 0.2) is 0 Å². The third-order valence-electron chi connectivity index (χ3n) is 4.52. The van der Waals surface area contributed by atoms with E-state index in [2.05, 4.69) is 17.1 Å². The molecule has 3 unspecified atom stereocenters. The lowest BCUT2D eigenvalue weighted by molar-refractivity contribution is -0.136. The SMILES string of the molecule is CCOCCN1CCN(C(=O)C2CC(O)CN2)CC1CC.Cl.Cl. The fourth-order valence-electron chi connectivity index (χ4n) is 3.23. The van der Waals surface area contributed by atoms with E-state index in [1.165, 1.54) is 0 Å². The molecule has 3 atom stereocenters. The topological polar surface area (TPSA) is 65.0 Å². The first-order valence-electron chi connectivity index (χ1n) is 8.17. The predicted molar refractivity (Wildman–Crippen MR) is 95.6 cm³/mol. The monoisotopic (exact) mass is 371 g/mol. The molecular formula is C15H31Cl2N3O3. The second-order valence-corrected chi connectivity index (χ2v) is 5.93. The quantitative estimate of drug-likeness (QED) is 0.666. The zero-order chi connectivity index (χ0) is 15.2. The van der Waals surface area contributed by atoms with Crippen LogP contribution in [0, 0.1) is 0 Å². The van der Waals surface area contributed by atoms with Crippen LogP contribution >= 0.6 is 24.8 Å². The van der Waals surface area contributed by atoms with Gasteiger partial charge in [0.05, 0.1) is 18.8 Å². The second kappa shape index (κ2) is 11.4. The van der Waals surface area contributed by atoms with Crippen LogP contribution in [0.2, 0.25) is 0 Å². The number of aliphatic hydroxyl groups is 1. The highest BCUT2D eigenvalue weighted by Gasteiger charge is 2.34. The summed E-state index contributed by atoms with van der Waals surface area (Å²) in [4.78, 5) is 16.9. The standard InChI is InChI=1S/C15H29N3O3.2ClH/c1-3-12-11-18(6-5-17(12)7-8-21-4-2)15(20)14-9-13(19)10-16-14;;/h12-14,16,19H,3-11H2,1-2H3;2*1H. The van der Waals surface area contributed by atoms with Crippen molar-refractivity contribution >= 4 is 30.7 Å². The number of piperazine rings is 1. The fraction of sp³-hybridized carbons (Fsp3) is 0.933. The highest BCUT2D eigenvalue weighted by atomic mass is 35.5. The van der Waals surface area contributed by atoms with E-state index in [1.54, 1.807) is 0 Å². The lowest BCUT2D eigenvalue weighted by Crippen LogP contribution is -2.57. The van der Waals surface area contributed by atoms with E-state index in [9.17, 15) is 9.90 Å². The summed E-state index contributed by atoms with van der Waals surface area (Å²) in [5, 5.41) is 12.7. The summed E-state index contributed by atoms with van der Waals surface area (Å²) in [6, 6.07) is 0.210. The molecule has 0 saturated carbocycles. The van der Waals surface area contributed by atoms with E-state index in [1.807, 2.05) is 11.8 Å². The minimum Gasteiger partial charge on any atom is -0.392 e. The van der Waals surface area contributed by atoms with Gasteiger partial charge in [0.1, 0.15) is 0 Å². The maximum Gasteiger partial charge on any atom is 0.239 e. The Balaban J connectivity index is 0.00000242. The molecule has 2 rings (SSSR count). The van der Waals surface area contributed by atoms with E-state index >= 15 is 0 Å². The molecule has 2 heterocycles. The number of hydrogen-bond donors (Lipinski definition) is 2. The molecule has 0 spiro atoms. The van der Waals surface area contributed by atoms with Crippen molar-refractivity contribution in [1.29, 1.82) is 0 Å². The predicted octanol–water partition coefficient (Wildman–Crippen LogP) is 0.512. The largest absolute Gasteiger partial charge is 0.392 e. The zero-order valence-corrected chi connectivity index (χ0v) is 15.7. The second-order valence-electron chi connectivity index (χ2n) is 5.93. The summed E-state index contributed by atoms with van der Waals surface area (Å²) in [6.07, 6.45) is 1.20. The number of ether oxygens (including phenoxy) is 1. The molecule has 0 aromatic rings. The summed E-state index contributed by atoms with van der Waals surface area (Å²) >= 11 is 0. The summed E-state index contributed by atoms with van der Waals surface area (Å²) in [7, 11) is 0. The van der Waals surface area contributed by atoms with Crippen molar-refractivity contribution in [3.05, 3.63) is 0 Å². The van der Waals surface area contributed by atoms with E-state index in [4.69, 9.17) is 4.74 Å². The molecule has 0 aromatic carbocycles. The molecule has 138 valence electrons. The molecule has 2 aliphatic rings. The lowest BCUT2D eigenvalue weighted by Gasteiger charge is -2.41. The van der Waals surface area contributed by atoms with Crippen LogP contribution in [0.25, 0.3) is 0 Å². The molecule has 23 heavy (non-hydrogen) atoms. The Labute approximate surface area is 151 Å². The molecule has 0 aliphatic carbocycles. The van der Waals surface area contributed by atoms with Crippen molar-refractivity contribution in [3.63, 3.8) is 0 Å². The van der Waals surface area contributed by atoms with Gasteiger partial charge in [-0.1, -0.05) is 6.92 Å². The van der Waals surface area contributed by atoms with Crippen molar-refractivity contribution in [3.8, 4) is 0 Å². The number of β-amino-alcohol motifs (C(OH)–C–C–N with tert-alkyl or cyclic N) is 1. The van der Waals surface area contributed by atoms with Gasteiger partial charge >= 0.3 is 0 Å². The van der Waals surface area contributed by atoms with Crippen molar-refractivity contribution in [1.82, 2.24) is 15.1 Å². The first-order chi connectivity index (χ1) is 10.2. The van der Waals surface area contributed by atoms with Gasteiger partial charge in [-0.25, -0.2) is 0 Å². The highest BCUT2D eigenvalue weighted by Crippen LogP contribution is 2.16. The first kappa shape index (κ1) is 22.9. The summed E-state index contributed by atoms with van der Waals surface area (Å²) < 4.78 is 5.44. The number of halogens is 2. The molecule has 2 fully saturated rings. The van der Waals surface area contributed by atoms with E-state index in [-0.39, 0.29) is 42.9 Å². The Bertz CT molecular complexity index is 350. The number of carbonyl (C=O) groups is 1. The van der Waals surface area contributed by atoms with Gasteiger partial charge in [-0.15, -0.1) is 24.8 Å². The average Bonchev–Trinajstić information content (AvgIpc) is 2.93. The molecule has 0 aromatic heterocycles. The van der Waals surface area contributed by atoms with Crippen LogP contribution in [0.4, 0.5) is 0 Å². The van der Waals surface area contributed by atoms with Gasteiger partial charge in [0, 0.05) is 45.4 Å². The van der Waals surface area contributed by atoms with Gasteiger partial charge in [-0.3, -0.25) is 9.69 Å². The number of nitrogens with one attached hydrogen (secondary N) is 1. The van der Waals surface area contributed by atoms with Crippen LogP contribution in [-0.4, -0.2) is 84.9 Å². The third-order valence-corrected chi connectivity index (χ3v) is 4.52. The fourth-order valence-corrected chi connectivity index (χ4v) is 3.23. The summed E-state index contributed by atoms with van der Waals surface area (Å²) in [5.41, 5.74) is 0. The third kappa shape index (κ3) is 6.36. The van der Waals surface area contributed by atoms with E-state index in [0.29, 0.717) is 19.0 Å². The van der Waals surface area contributed by atoms with Crippen molar-refractivity contribution < 1.29 is 14.6 Å². The van der Waals surface area contributed by atoms with Crippen LogP contribution in [0.15, 0.2) is 0 Å². The molecule has 2 saturated heterocycles. The zero-order valence-electron chi connectivity index (χ0n) is 14.1. The summed E-state index contributed by atoms with van der Waals surface area (Å²) in [6.45, 7) is 9.64. The van der Waals surface area contributed by atoms with Gasteiger partial charge in [-0.2, -0.15) is 0 Å². The smallest absolute Gasteiger partial charge is 0.239 e. The molecule has 1 amide bonds. The maximum absolute atomic E-state index is 12.5. The molecular weight excluding hydrogens is 341 g/mol. The first-order valence-corrected chi connectivity index (χ1v) is 8.17. The molecule has 6 nitrogen and oxygen atoms in total. The van der Waals surface area contributed by atoms with Gasteiger partial charge in [-0.05, 0) is 19.8 Å². The Morgan fingerprint density at radius 3 is 2.61 bits per heavy atom. The Kier molecular flexibility index (Phi) is 11.4. The van der Waals surface area contributed by atoms with Crippen molar-refractivity contribution in [2.75, 3.05) is 45.9 Å². The van der Waals surface area contributed by atoms with Crippen molar-refractivity contribution in [2.24, 2.45) is 0 Å². The molecule has 2 N–H and O–H groups in total. The lowest BCUT2D eigenvalue weighted by atomic mass is 10.1. The Morgan fingerprint density at radius 2 is 2.04 bits per heavy atom. The number of aliphatic hydroxyl groups excluding tert-OH is 1. The van der Waals surface area contributed by atoms with Crippen molar-refractivity contribution in [2.45, 2.75) is 44.9 Å². The normalized spacial score (nSPS) is 28.1. The minimum absolute atomic E-state index is 0. The average molecular weight is 372 g/mol. The van der Waals surface area contributed by atoms with Crippen LogP contribution in [0.5, 0.6) is 0 Å². The molecule has 8 heteroatoms. The Morgan fingerprint density at radius 1 is 1.30 bits per heavy atom. The van der Waals surface area contributed by atoms with Gasteiger partial charge in [0.2, 0.25) is 5.91 Å². The number of hydrogen-bond acceptors (Lipinski definition) is 5. The van der Waals surface area contributed by atoms with Crippen LogP contribution in [-0.2, 0) is 9.53 Å². The highest BCUT2D eigenvalue weighted by molar-refractivity contribution is 5.85. The van der Waals surface area contributed by atoms with Crippen LogP contribution in [0.1, 0.15) is 26.7 Å².